The molecule has 1 aromatic rings. The molecule has 5 N–H and O–H groups in total. The Morgan fingerprint density at radius 1 is 1.19 bits per heavy atom. The molecule has 0 bridgehead atoms. The van der Waals surface area contributed by atoms with E-state index in [1.165, 1.54) is 5.01 Å². The molecule has 3 fully saturated rings. The van der Waals surface area contributed by atoms with Gasteiger partial charge in [0.25, 0.3) is 0 Å². The van der Waals surface area contributed by atoms with E-state index in [4.69, 9.17) is 21.4 Å². The highest BCUT2D eigenvalue weighted by Crippen LogP contribution is 2.50. The highest BCUT2D eigenvalue weighted by atomic mass is 16.5. The summed E-state index contributed by atoms with van der Waals surface area (Å²) in [6.07, 6.45) is 5.12. The molecule has 9 nitrogen and oxygen atoms in total. The van der Waals surface area contributed by atoms with Gasteiger partial charge in [0.15, 0.2) is 6.29 Å². The van der Waals surface area contributed by atoms with Crippen molar-refractivity contribution in [3.05, 3.63) is 47.7 Å². The lowest BCUT2D eigenvalue weighted by Gasteiger charge is -2.38. The second kappa shape index (κ2) is 7.84. The number of rotatable bonds is 4. The van der Waals surface area contributed by atoms with Crippen LogP contribution in [0.1, 0.15) is 45.1 Å². The average molecular weight is 440 g/mol. The van der Waals surface area contributed by atoms with Crippen molar-refractivity contribution in [1.29, 1.82) is 0 Å². The monoisotopic (exact) mass is 439 g/mol. The molecule has 0 radical (unpaired) electrons. The molecular weight excluding hydrogens is 406 g/mol. The number of amides is 2. The van der Waals surface area contributed by atoms with Gasteiger partial charge in [0.1, 0.15) is 0 Å². The highest BCUT2D eigenvalue weighted by molar-refractivity contribution is 6.08. The van der Waals surface area contributed by atoms with Crippen LogP contribution >= 0.6 is 0 Å². The van der Waals surface area contributed by atoms with Crippen molar-refractivity contribution in [1.82, 2.24) is 20.2 Å². The van der Waals surface area contributed by atoms with Crippen LogP contribution in [0.15, 0.2) is 47.1 Å². The summed E-state index contributed by atoms with van der Waals surface area (Å²) in [6.45, 7) is 5.92. The van der Waals surface area contributed by atoms with Gasteiger partial charge in [0.05, 0.1) is 23.3 Å². The molecule has 3 heterocycles. The van der Waals surface area contributed by atoms with Gasteiger partial charge in [-0.25, -0.2) is 20.6 Å². The number of aliphatic imine (C=N–C) groups is 1. The fourth-order valence-corrected chi connectivity index (χ4v) is 5.14. The minimum Gasteiger partial charge on any atom is -0.381 e. The summed E-state index contributed by atoms with van der Waals surface area (Å²) in [4.78, 5) is 20.3. The van der Waals surface area contributed by atoms with Crippen molar-refractivity contribution in [2.45, 2.75) is 62.9 Å². The van der Waals surface area contributed by atoms with Crippen molar-refractivity contribution in [3.63, 3.8) is 0 Å². The molecule has 4 aliphatic rings. The van der Waals surface area contributed by atoms with Gasteiger partial charge in [-0.2, -0.15) is 0 Å². The lowest BCUT2D eigenvalue weighted by atomic mass is 9.94. The number of nitrogens with zero attached hydrogens (tertiary/aromatic N) is 4. The third kappa shape index (κ3) is 3.40. The quantitative estimate of drug-likeness (QED) is 0.373. The maximum absolute atomic E-state index is 13.6. The third-order valence-corrected chi connectivity index (χ3v) is 7.44. The minimum absolute atomic E-state index is 0.181. The summed E-state index contributed by atoms with van der Waals surface area (Å²) in [7, 11) is 0. The predicted molar refractivity (Wildman–Crippen MR) is 122 cm³/mol. The first-order valence-electron chi connectivity index (χ1n) is 11.4. The highest BCUT2D eigenvalue weighted by Gasteiger charge is 2.55. The predicted octanol–water partition coefficient (Wildman–Crippen LogP) is 1.63. The van der Waals surface area contributed by atoms with Gasteiger partial charge in [0.2, 0.25) is 0 Å². The summed E-state index contributed by atoms with van der Waals surface area (Å²) in [5, 5.41) is 6.55. The molecule has 1 unspecified atom stereocenters. The summed E-state index contributed by atoms with van der Waals surface area (Å²) in [6, 6.07) is 10.1. The fourth-order valence-electron chi connectivity index (χ4n) is 5.14. The van der Waals surface area contributed by atoms with Gasteiger partial charge in [-0.05, 0) is 45.1 Å². The number of fused-ring (bicyclic) bond motifs is 1. The number of carbonyl (C=O) groups excluding carboxylic acids is 1. The first kappa shape index (κ1) is 21.4. The van der Waals surface area contributed by atoms with Crippen LogP contribution in [-0.4, -0.2) is 64.3 Å². The lowest BCUT2D eigenvalue weighted by Crippen LogP contribution is -2.56. The molecule has 0 aromatic heterocycles. The van der Waals surface area contributed by atoms with Crippen molar-refractivity contribution in [2.75, 3.05) is 19.8 Å². The first-order chi connectivity index (χ1) is 15.3. The molecule has 2 amide bonds. The van der Waals surface area contributed by atoms with Gasteiger partial charge in [-0.15, -0.1) is 0 Å². The molecule has 1 aliphatic carbocycles. The van der Waals surface area contributed by atoms with Crippen LogP contribution in [0.25, 0.3) is 0 Å². The lowest BCUT2D eigenvalue weighted by molar-refractivity contribution is 0.0132. The van der Waals surface area contributed by atoms with Crippen LogP contribution in [0.3, 0.4) is 0 Å². The Balaban J connectivity index is 1.35. The number of nitrogens with two attached hydrogens (primary N) is 2. The zero-order chi connectivity index (χ0) is 22.5. The minimum atomic E-state index is -0.531. The molecule has 1 atom stereocenters. The van der Waals surface area contributed by atoms with Gasteiger partial charge in [-0.1, -0.05) is 30.3 Å². The largest absolute Gasteiger partial charge is 0.381 e. The van der Waals surface area contributed by atoms with Gasteiger partial charge in [0, 0.05) is 31.0 Å². The van der Waals surface area contributed by atoms with E-state index in [0.717, 1.165) is 42.5 Å². The third-order valence-electron chi connectivity index (χ3n) is 7.44. The molecule has 172 valence electrons. The van der Waals surface area contributed by atoms with E-state index in [0.29, 0.717) is 19.8 Å². The van der Waals surface area contributed by atoms with E-state index in [2.05, 4.69) is 5.32 Å². The van der Waals surface area contributed by atoms with E-state index in [9.17, 15) is 4.79 Å². The second-order valence-electron chi connectivity index (χ2n) is 9.66. The standard InChI is InChI=1S/C23H33N7O2/c1-22(2)18-14-26-20(29(24)17-8-12-32-13-9-17)27-19(18)15-28(22)21(31)30(25)23(10-11-23)16-6-4-3-5-7-16/h3-7,14,17,20,26H,8-13,15,24-25H2,1-2H3. The van der Waals surface area contributed by atoms with Crippen LogP contribution in [0, 0.1) is 0 Å². The number of likely N-dealkylation sites (tertiary alicyclic amines) is 1. The molecular formula is C23H33N7O2. The molecule has 5 rings (SSSR count). The van der Waals surface area contributed by atoms with Crippen molar-refractivity contribution >= 4 is 11.7 Å². The molecule has 2 saturated heterocycles. The van der Waals surface area contributed by atoms with E-state index in [1.807, 2.05) is 55.3 Å². The van der Waals surface area contributed by atoms with Gasteiger partial charge in [-0.3, -0.25) is 10.9 Å². The van der Waals surface area contributed by atoms with Crippen molar-refractivity contribution in [3.8, 4) is 0 Å². The number of urea groups is 1. The van der Waals surface area contributed by atoms with E-state index in [-0.39, 0.29) is 18.4 Å². The molecule has 0 spiro atoms. The Labute approximate surface area is 189 Å². The summed E-state index contributed by atoms with van der Waals surface area (Å²) in [5.41, 5.74) is 2.01. The number of carbonyl (C=O) groups is 1. The summed E-state index contributed by atoms with van der Waals surface area (Å²) < 4.78 is 5.45. The van der Waals surface area contributed by atoms with Crippen molar-refractivity contribution in [2.24, 2.45) is 16.7 Å². The van der Waals surface area contributed by atoms with Crippen LogP contribution in [0.2, 0.25) is 0 Å². The molecule has 1 aromatic carbocycles. The van der Waals surface area contributed by atoms with Gasteiger partial charge >= 0.3 is 6.03 Å². The van der Waals surface area contributed by atoms with Crippen LogP contribution in [0.5, 0.6) is 0 Å². The topological polar surface area (TPSA) is 112 Å². The number of hydrogen-bond acceptors (Lipinski definition) is 7. The van der Waals surface area contributed by atoms with Crippen LogP contribution in [-0.2, 0) is 10.3 Å². The van der Waals surface area contributed by atoms with Crippen LogP contribution < -0.4 is 17.0 Å². The Kier molecular flexibility index (Phi) is 5.24. The zero-order valence-electron chi connectivity index (χ0n) is 18.8. The Morgan fingerprint density at radius 2 is 1.88 bits per heavy atom. The van der Waals surface area contributed by atoms with Gasteiger partial charge < -0.3 is 15.0 Å². The normalized spacial score (nSPS) is 26.2. The Bertz CT molecular complexity index is 935. The summed E-state index contributed by atoms with van der Waals surface area (Å²) >= 11 is 0. The Hall–Kier alpha value is -2.46. The molecule has 9 heteroatoms. The van der Waals surface area contributed by atoms with Crippen molar-refractivity contribution < 1.29 is 9.53 Å². The molecule has 32 heavy (non-hydrogen) atoms. The number of nitrogens with one attached hydrogen (secondary N) is 1. The average Bonchev–Trinajstić information content (AvgIpc) is 3.59. The molecule has 3 aliphatic heterocycles. The number of ether oxygens (including phenoxy) is 1. The number of benzene rings is 1. The SMILES string of the molecule is CC1(C)C2=CNC(N(N)C3CCOCC3)N=C2CN1C(=O)N(N)C1(c2ccccc2)CC1. The Morgan fingerprint density at radius 3 is 2.53 bits per heavy atom. The zero-order valence-corrected chi connectivity index (χ0v) is 18.8. The van der Waals surface area contributed by atoms with E-state index in [1.54, 1.807) is 5.01 Å². The maximum atomic E-state index is 13.6. The fraction of sp³-hybridized carbons (Fsp3) is 0.565. The number of hydrogen-bond donors (Lipinski definition) is 3. The second-order valence-corrected chi connectivity index (χ2v) is 9.66. The summed E-state index contributed by atoms with van der Waals surface area (Å²) in [5.74, 6) is 12.9. The van der Waals surface area contributed by atoms with Crippen LogP contribution in [0.4, 0.5) is 4.79 Å². The first-order valence-corrected chi connectivity index (χ1v) is 11.4. The smallest absolute Gasteiger partial charge is 0.336 e. The number of hydrazine groups is 2. The maximum Gasteiger partial charge on any atom is 0.336 e. The molecule has 1 saturated carbocycles. The van der Waals surface area contributed by atoms with E-state index < -0.39 is 11.1 Å². The van der Waals surface area contributed by atoms with E-state index >= 15 is 0 Å².